The first kappa shape index (κ1) is 17.4. The van der Waals surface area contributed by atoms with E-state index < -0.39 is 0 Å². The fraction of sp³-hybridized carbons (Fsp3) is 0.818. The van der Waals surface area contributed by atoms with Crippen molar-refractivity contribution in [2.75, 3.05) is 19.1 Å². The predicted molar refractivity (Wildman–Crippen MR) is 80.8 cm³/mol. The Kier molecular flexibility index (Phi) is 10.0. The lowest BCUT2D eigenvalue weighted by Crippen LogP contribution is -2.38. The number of amidine groups is 1. The largest absolute Gasteiger partial charge is 0.462 e. The number of ether oxygens (including phenoxy) is 1. The van der Waals surface area contributed by atoms with E-state index in [9.17, 15) is 4.79 Å². The van der Waals surface area contributed by atoms with E-state index in [0.29, 0.717) is 12.6 Å². The third kappa shape index (κ3) is 7.71. The number of unbranched alkanes of at least 4 members (excludes halogenated alkanes) is 1. The molecule has 106 valence electrons. The van der Waals surface area contributed by atoms with Crippen LogP contribution in [0.4, 0.5) is 4.79 Å². The number of carbonyl (C=O) groups is 1. The van der Waals surface area contributed by atoms with E-state index in [2.05, 4.69) is 17.2 Å². The lowest BCUT2D eigenvalue weighted by Gasteiger charge is -2.18. The van der Waals surface area contributed by atoms with Crippen LogP contribution in [0.25, 0.3) is 0 Å². The Morgan fingerprint density at radius 2 is 2.00 bits per heavy atom. The van der Waals surface area contributed by atoms with E-state index >= 15 is 0 Å². The molecule has 0 aromatic carbocycles. The van der Waals surface area contributed by atoms with Gasteiger partial charge in [0.2, 0.25) is 0 Å². The Balaban J connectivity index is 4.47. The Morgan fingerprint density at radius 3 is 2.44 bits per heavy atom. The highest BCUT2D eigenvalue weighted by Crippen LogP contribution is 2.15. The first-order chi connectivity index (χ1) is 8.54. The van der Waals surface area contributed by atoms with Crippen LogP contribution in [0.5, 0.6) is 0 Å². The maximum absolute atomic E-state index is 11.8. The number of nitrogens with one attached hydrogen (secondary N) is 1. The fourth-order valence-electron chi connectivity index (χ4n) is 1.05. The average Bonchev–Trinajstić information content (AvgIpc) is 2.30. The lowest BCUT2D eigenvalue weighted by atomic mass is 10.3. The van der Waals surface area contributed by atoms with Crippen molar-refractivity contribution in [3.63, 3.8) is 0 Å². The molecule has 0 unspecified atom stereocenters. The van der Waals surface area contributed by atoms with Crippen LogP contribution in [-0.2, 0) is 4.74 Å². The van der Waals surface area contributed by atoms with Gasteiger partial charge in [0.1, 0.15) is 0 Å². The SMILES string of the molecule is CCCCN=C(NC(=O)N(SC)SC)OC(C)C. The summed E-state index contributed by atoms with van der Waals surface area (Å²) in [5, 5.41) is 2.68. The minimum atomic E-state index is -0.231. The highest BCUT2D eigenvalue weighted by Gasteiger charge is 2.15. The first-order valence-electron chi connectivity index (χ1n) is 5.95. The van der Waals surface area contributed by atoms with Gasteiger partial charge in [-0.1, -0.05) is 13.3 Å². The van der Waals surface area contributed by atoms with Crippen LogP contribution in [0.3, 0.4) is 0 Å². The molecule has 0 saturated carbocycles. The van der Waals surface area contributed by atoms with E-state index in [1.54, 1.807) is 0 Å². The van der Waals surface area contributed by atoms with Crippen LogP contribution < -0.4 is 5.32 Å². The van der Waals surface area contributed by atoms with Gasteiger partial charge in [-0.15, -0.1) is 0 Å². The second kappa shape index (κ2) is 10.4. The van der Waals surface area contributed by atoms with Gasteiger partial charge in [-0.25, -0.2) is 13.5 Å². The molecule has 0 spiro atoms. The number of amides is 2. The number of carbonyl (C=O) groups excluding carboxylic acids is 1. The molecular formula is C11H23N3O2S2. The molecule has 0 saturated heterocycles. The minimum absolute atomic E-state index is 0.0114. The van der Waals surface area contributed by atoms with Gasteiger partial charge in [-0.2, -0.15) is 0 Å². The second-order valence-corrected chi connectivity index (χ2v) is 5.45. The number of nitrogens with zero attached hydrogens (tertiary/aromatic N) is 2. The molecule has 0 radical (unpaired) electrons. The fourth-order valence-corrected chi connectivity index (χ4v) is 2.06. The molecule has 0 rings (SSSR count). The van der Waals surface area contributed by atoms with Gasteiger partial charge in [0.25, 0.3) is 6.02 Å². The normalized spacial score (nSPS) is 11.6. The Bertz CT molecular complexity index is 269. The zero-order valence-corrected chi connectivity index (χ0v) is 13.4. The van der Waals surface area contributed by atoms with Crippen molar-refractivity contribution in [2.24, 2.45) is 4.99 Å². The first-order valence-corrected chi connectivity index (χ1v) is 8.31. The highest BCUT2D eigenvalue weighted by molar-refractivity contribution is 8.12. The number of rotatable bonds is 6. The predicted octanol–water partition coefficient (Wildman–Crippen LogP) is 3.14. The third-order valence-corrected chi connectivity index (χ3v) is 3.72. The summed E-state index contributed by atoms with van der Waals surface area (Å²) in [5.74, 6) is 0. The number of hydrogen-bond acceptors (Lipinski definition) is 5. The van der Waals surface area contributed by atoms with Crippen molar-refractivity contribution in [1.29, 1.82) is 0 Å². The smallest absolute Gasteiger partial charge is 0.345 e. The molecule has 0 atom stereocenters. The standard InChI is InChI=1S/C11H23N3O2S2/c1-6-7-8-12-10(16-9(2)3)13-11(15)14(17-4)18-5/h9H,6-8H2,1-5H3,(H,12,13,15). The van der Waals surface area contributed by atoms with E-state index in [1.165, 1.54) is 27.6 Å². The summed E-state index contributed by atoms with van der Waals surface area (Å²) in [6.45, 7) is 6.57. The third-order valence-electron chi connectivity index (χ3n) is 1.83. The van der Waals surface area contributed by atoms with Crippen molar-refractivity contribution in [3.8, 4) is 0 Å². The molecule has 7 heteroatoms. The van der Waals surface area contributed by atoms with Crippen LogP contribution in [0.1, 0.15) is 33.6 Å². The van der Waals surface area contributed by atoms with Gasteiger partial charge in [-0.05, 0) is 44.2 Å². The molecule has 0 heterocycles. The molecule has 0 aliphatic carbocycles. The summed E-state index contributed by atoms with van der Waals surface area (Å²) in [7, 11) is 0. The van der Waals surface area contributed by atoms with Crippen molar-refractivity contribution in [3.05, 3.63) is 0 Å². The van der Waals surface area contributed by atoms with Crippen LogP contribution >= 0.6 is 23.9 Å². The van der Waals surface area contributed by atoms with Gasteiger partial charge in [-0.3, -0.25) is 5.32 Å². The molecule has 0 aromatic rings. The summed E-state index contributed by atoms with van der Waals surface area (Å²) in [4.78, 5) is 16.1. The van der Waals surface area contributed by atoms with Crippen molar-refractivity contribution < 1.29 is 9.53 Å². The van der Waals surface area contributed by atoms with Crippen molar-refractivity contribution in [1.82, 2.24) is 9.03 Å². The van der Waals surface area contributed by atoms with Gasteiger partial charge in [0, 0.05) is 19.1 Å². The van der Waals surface area contributed by atoms with Crippen LogP contribution in [0, 0.1) is 0 Å². The summed E-state index contributed by atoms with van der Waals surface area (Å²) in [5.41, 5.74) is 0. The second-order valence-electron chi connectivity index (χ2n) is 3.76. The monoisotopic (exact) mass is 293 g/mol. The van der Waals surface area contributed by atoms with Gasteiger partial charge in [0.15, 0.2) is 0 Å². The number of urea groups is 1. The van der Waals surface area contributed by atoms with Crippen molar-refractivity contribution in [2.45, 2.75) is 39.7 Å². The van der Waals surface area contributed by atoms with Crippen LogP contribution in [-0.4, -0.2) is 40.9 Å². The topological polar surface area (TPSA) is 53.9 Å². The Labute approximate surface area is 118 Å². The quantitative estimate of drug-likeness (QED) is 0.354. The summed E-state index contributed by atoms with van der Waals surface area (Å²) < 4.78 is 7.01. The molecule has 0 aliphatic heterocycles. The zero-order valence-electron chi connectivity index (χ0n) is 11.7. The molecule has 0 aliphatic rings. The maximum atomic E-state index is 11.8. The van der Waals surface area contributed by atoms with E-state index in [4.69, 9.17) is 4.74 Å². The zero-order chi connectivity index (χ0) is 14.0. The molecule has 0 aromatic heterocycles. The van der Waals surface area contributed by atoms with E-state index in [1.807, 2.05) is 26.4 Å². The van der Waals surface area contributed by atoms with E-state index in [0.717, 1.165) is 12.8 Å². The summed E-state index contributed by atoms with van der Waals surface area (Å²) >= 11 is 2.68. The molecule has 5 nitrogen and oxygen atoms in total. The average molecular weight is 293 g/mol. The Hall–Kier alpha value is -0.560. The summed E-state index contributed by atoms with van der Waals surface area (Å²) in [6.07, 6.45) is 5.72. The maximum Gasteiger partial charge on any atom is 0.345 e. The Morgan fingerprint density at radius 1 is 1.39 bits per heavy atom. The van der Waals surface area contributed by atoms with Crippen LogP contribution in [0.15, 0.2) is 4.99 Å². The van der Waals surface area contributed by atoms with E-state index in [-0.39, 0.29) is 12.1 Å². The van der Waals surface area contributed by atoms with Gasteiger partial charge >= 0.3 is 6.03 Å². The number of hydrogen-bond donors (Lipinski definition) is 1. The number of aliphatic imine (C=N–C) groups is 1. The lowest BCUT2D eigenvalue weighted by molar-refractivity contribution is 0.209. The summed E-state index contributed by atoms with van der Waals surface area (Å²) in [6, 6.07) is 0.0717. The molecule has 2 amide bonds. The van der Waals surface area contributed by atoms with Crippen LogP contribution in [0.2, 0.25) is 0 Å². The molecule has 1 N–H and O–H groups in total. The van der Waals surface area contributed by atoms with Crippen molar-refractivity contribution >= 4 is 35.9 Å². The molecule has 18 heavy (non-hydrogen) atoms. The highest BCUT2D eigenvalue weighted by atomic mass is 32.2. The molecular weight excluding hydrogens is 270 g/mol. The molecule has 0 bridgehead atoms. The van der Waals surface area contributed by atoms with Gasteiger partial charge < -0.3 is 4.74 Å². The minimum Gasteiger partial charge on any atom is -0.462 e. The van der Waals surface area contributed by atoms with Gasteiger partial charge in [0.05, 0.1) is 6.10 Å². The molecule has 0 fully saturated rings.